The molecule has 2 heterocycles. The van der Waals surface area contributed by atoms with Crippen LogP contribution in [0.4, 0.5) is 4.39 Å². The minimum Gasteiger partial charge on any atom is -0.494 e. The Morgan fingerprint density at radius 1 is 1.35 bits per heavy atom. The predicted molar refractivity (Wildman–Crippen MR) is 83.5 cm³/mol. The molecular weight excluding hydrogens is 297 g/mol. The number of hydrogen-bond acceptors (Lipinski definition) is 5. The minimum atomic E-state index is -0.389. The second-order valence-electron chi connectivity index (χ2n) is 5.89. The van der Waals surface area contributed by atoms with E-state index in [0.29, 0.717) is 19.5 Å². The highest BCUT2D eigenvalue weighted by atomic mass is 19.1. The highest BCUT2D eigenvalue weighted by Gasteiger charge is 2.31. The number of aromatic nitrogens is 2. The van der Waals surface area contributed by atoms with E-state index >= 15 is 0 Å². The van der Waals surface area contributed by atoms with Gasteiger partial charge in [0.25, 0.3) is 0 Å². The third-order valence-corrected chi connectivity index (χ3v) is 4.19. The quantitative estimate of drug-likeness (QED) is 0.909. The number of likely N-dealkylation sites (tertiary alicyclic amines) is 1. The van der Waals surface area contributed by atoms with Crippen LogP contribution in [0.15, 0.2) is 36.8 Å². The number of nitrogens with zero attached hydrogens (tertiary/aromatic N) is 3. The van der Waals surface area contributed by atoms with Crippen LogP contribution < -0.4 is 4.74 Å². The van der Waals surface area contributed by atoms with Crippen LogP contribution in [0.25, 0.3) is 0 Å². The zero-order valence-electron chi connectivity index (χ0n) is 13.0. The summed E-state index contributed by atoms with van der Waals surface area (Å²) in [5.74, 6) is 0.0191. The summed E-state index contributed by atoms with van der Waals surface area (Å²) >= 11 is 0. The Balaban J connectivity index is 1.62. The van der Waals surface area contributed by atoms with Crippen LogP contribution in [0.3, 0.4) is 0 Å². The third kappa shape index (κ3) is 3.83. The van der Waals surface area contributed by atoms with Gasteiger partial charge in [0.05, 0.1) is 18.9 Å². The molecule has 3 rings (SSSR count). The van der Waals surface area contributed by atoms with Crippen molar-refractivity contribution in [3.8, 4) is 5.75 Å². The number of halogens is 1. The van der Waals surface area contributed by atoms with Gasteiger partial charge in [-0.3, -0.25) is 14.9 Å². The fourth-order valence-electron chi connectivity index (χ4n) is 3.04. The largest absolute Gasteiger partial charge is 0.494 e. The van der Waals surface area contributed by atoms with Crippen molar-refractivity contribution in [2.45, 2.75) is 19.1 Å². The van der Waals surface area contributed by atoms with E-state index in [2.05, 4.69) is 14.9 Å². The number of methoxy groups -OCH3 is 1. The van der Waals surface area contributed by atoms with E-state index in [0.717, 1.165) is 17.8 Å². The molecule has 1 fully saturated rings. The van der Waals surface area contributed by atoms with Crippen molar-refractivity contribution in [1.29, 1.82) is 0 Å². The molecule has 0 unspecified atom stereocenters. The highest BCUT2D eigenvalue weighted by Crippen LogP contribution is 2.24. The Kier molecular flexibility index (Phi) is 4.83. The molecule has 1 N–H and O–H groups in total. The number of aliphatic hydroxyl groups is 1. The van der Waals surface area contributed by atoms with Crippen molar-refractivity contribution < 1.29 is 14.2 Å². The maximum absolute atomic E-state index is 13.5. The molecule has 0 saturated carbocycles. The number of hydrogen-bond donors (Lipinski definition) is 1. The summed E-state index contributed by atoms with van der Waals surface area (Å²) in [4.78, 5) is 10.5. The summed E-state index contributed by atoms with van der Waals surface area (Å²) in [7, 11) is 1.46. The van der Waals surface area contributed by atoms with Crippen LogP contribution >= 0.6 is 0 Å². The van der Waals surface area contributed by atoms with Gasteiger partial charge in [-0.2, -0.15) is 0 Å². The van der Waals surface area contributed by atoms with Crippen LogP contribution in [-0.4, -0.2) is 46.3 Å². The van der Waals surface area contributed by atoms with Crippen molar-refractivity contribution in [2.24, 2.45) is 5.92 Å². The van der Waals surface area contributed by atoms with Crippen molar-refractivity contribution in [1.82, 2.24) is 14.9 Å². The molecule has 1 aliphatic heterocycles. The molecule has 23 heavy (non-hydrogen) atoms. The van der Waals surface area contributed by atoms with Gasteiger partial charge in [0, 0.05) is 44.1 Å². The SMILES string of the molecule is COc1cc(CN2C[C@@H](Cc3cnccn3)[C@H](O)C2)ccc1F. The average Bonchev–Trinajstić information content (AvgIpc) is 2.89. The lowest BCUT2D eigenvalue weighted by molar-refractivity contribution is 0.140. The molecule has 1 aromatic heterocycles. The van der Waals surface area contributed by atoms with Crippen LogP contribution in [0, 0.1) is 11.7 Å². The second-order valence-corrected chi connectivity index (χ2v) is 5.89. The van der Waals surface area contributed by atoms with Crippen molar-refractivity contribution in [3.05, 3.63) is 53.9 Å². The van der Waals surface area contributed by atoms with Gasteiger partial charge in [-0.1, -0.05) is 6.07 Å². The first-order valence-corrected chi connectivity index (χ1v) is 7.63. The Morgan fingerprint density at radius 3 is 2.96 bits per heavy atom. The van der Waals surface area contributed by atoms with Gasteiger partial charge < -0.3 is 9.84 Å². The maximum atomic E-state index is 13.5. The average molecular weight is 317 g/mol. The Hall–Kier alpha value is -2.05. The second kappa shape index (κ2) is 7.02. The van der Waals surface area contributed by atoms with Crippen LogP contribution in [0.5, 0.6) is 5.75 Å². The lowest BCUT2D eigenvalue weighted by Crippen LogP contribution is -2.21. The summed E-state index contributed by atoms with van der Waals surface area (Å²) in [5, 5.41) is 10.3. The molecule has 0 bridgehead atoms. The first kappa shape index (κ1) is 15.8. The van der Waals surface area contributed by atoms with Crippen LogP contribution in [0.1, 0.15) is 11.3 Å². The monoisotopic (exact) mass is 317 g/mol. The van der Waals surface area contributed by atoms with Crippen molar-refractivity contribution in [2.75, 3.05) is 20.2 Å². The molecule has 1 saturated heterocycles. The normalized spacial score (nSPS) is 21.5. The van der Waals surface area contributed by atoms with Crippen molar-refractivity contribution >= 4 is 0 Å². The minimum absolute atomic E-state index is 0.133. The maximum Gasteiger partial charge on any atom is 0.165 e. The lowest BCUT2D eigenvalue weighted by Gasteiger charge is -2.16. The molecule has 5 nitrogen and oxygen atoms in total. The predicted octanol–water partition coefficient (Wildman–Crippen LogP) is 1.66. The summed E-state index contributed by atoms with van der Waals surface area (Å²) in [6.07, 6.45) is 5.36. The van der Waals surface area contributed by atoms with Gasteiger partial charge in [-0.25, -0.2) is 4.39 Å². The van der Waals surface area contributed by atoms with E-state index in [4.69, 9.17) is 4.74 Å². The standard InChI is InChI=1S/C17H20FN3O2/c1-23-17-6-12(2-3-15(17)18)9-21-10-13(16(22)11-21)7-14-8-19-4-5-20-14/h2-6,8,13,16,22H,7,9-11H2,1H3/t13-,16-/m1/s1. The highest BCUT2D eigenvalue weighted by molar-refractivity contribution is 5.30. The summed E-state index contributed by atoms with van der Waals surface area (Å²) in [6, 6.07) is 4.87. The molecule has 2 aromatic rings. The van der Waals surface area contributed by atoms with E-state index in [9.17, 15) is 9.50 Å². The number of rotatable bonds is 5. The van der Waals surface area contributed by atoms with Gasteiger partial charge in [0.1, 0.15) is 0 Å². The van der Waals surface area contributed by atoms with Crippen molar-refractivity contribution in [3.63, 3.8) is 0 Å². The van der Waals surface area contributed by atoms with Crippen LogP contribution in [-0.2, 0) is 13.0 Å². The molecule has 1 aromatic carbocycles. The zero-order valence-corrected chi connectivity index (χ0v) is 13.0. The van der Waals surface area contributed by atoms with Gasteiger partial charge in [-0.15, -0.1) is 0 Å². The molecule has 6 heteroatoms. The third-order valence-electron chi connectivity index (χ3n) is 4.19. The Bertz CT molecular complexity index is 654. The summed E-state index contributed by atoms with van der Waals surface area (Å²) < 4.78 is 18.5. The fraction of sp³-hybridized carbons (Fsp3) is 0.412. The van der Waals surface area contributed by atoms with E-state index in [-0.39, 0.29) is 23.6 Å². The van der Waals surface area contributed by atoms with E-state index < -0.39 is 0 Å². The first-order chi connectivity index (χ1) is 11.2. The first-order valence-electron chi connectivity index (χ1n) is 7.63. The molecule has 2 atom stereocenters. The molecule has 0 spiro atoms. The molecule has 122 valence electrons. The smallest absolute Gasteiger partial charge is 0.165 e. The van der Waals surface area contributed by atoms with E-state index in [1.165, 1.54) is 13.2 Å². The molecule has 0 aliphatic carbocycles. The molecule has 0 amide bonds. The lowest BCUT2D eigenvalue weighted by atomic mass is 10.0. The number of aliphatic hydroxyl groups excluding tert-OH is 1. The van der Waals surface area contributed by atoms with E-state index in [1.807, 2.05) is 0 Å². The Labute approximate surface area is 134 Å². The number of ether oxygens (including phenoxy) is 1. The molecule has 0 radical (unpaired) electrons. The van der Waals surface area contributed by atoms with Crippen LogP contribution in [0.2, 0.25) is 0 Å². The van der Waals surface area contributed by atoms with Gasteiger partial charge >= 0.3 is 0 Å². The Morgan fingerprint density at radius 2 is 2.22 bits per heavy atom. The van der Waals surface area contributed by atoms with E-state index in [1.54, 1.807) is 30.7 Å². The number of β-amino-alcohol motifs (C(OH)–C–C–N with tert-alkyl or cyclic N) is 1. The summed E-state index contributed by atoms with van der Waals surface area (Å²) in [5.41, 5.74) is 1.86. The molecule has 1 aliphatic rings. The van der Waals surface area contributed by atoms with Gasteiger partial charge in [-0.05, 0) is 24.1 Å². The van der Waals surface area contributed by atoms with Gasteiger partial charge in [0.15, 0.2) is 11.6 Å². The number of benzene rings is 1. The summed E-state index contributed by atoms with van der Waals surface area (Å²) in [6.45, 7) is 2.03. The zero-order chi connectivity index (χ0) is 16.2. The molecular formula is C17H20FN3O2. The topological polar surface area (TPSA) is 58.5 Å². The van der Waals surface area contributed by atoms with Gasteiger partial charge in [0.2, 0.25) is 0 Å². The fourth-order valence-corrected chi connectivity index (χ4v) is 3.04.